The van der Waals surface area contributed by atoms with Gasteiger partial charge in [0.2, 0.25) is 5.91 Å². The highest BCUT2D eigenvalue weighted by atomic mass is 35.5. The Morgan fingerprint density at radius 1 is 1.06 bits per heavy atom. The van der Waals surface area contributed by atoms with Crippen LogP contribution in [-0.2, 0) is 4.79 Å². The molecular weight excluding hydrogens is 248 g/mol. The van der Waals surface area contributed by atoms with Crippen molar-refractivity contribution in [1.29, 1.82) is 0 Å². The zero-order valence-corrected chi connectivity index (χ0v) is 13.4. The van der Waals surface area contributed by atoms with Gasteiger partial charge < -0.3 is 9.80 Å². The van der Waals surface area contributed by atoms with Crippen molar-refractivity contribution >= 4 is 17.5 Å². The molecule has 0 N–H and O–H groups in total. The van der Waals surface area contributed by atoms with Crippen molar-refractivity contribution in [2.24, 2.45) is 5.41 Å². The Kier molecular flexibility index (Phi) is 8.62. The molecule has 0 bridgehead atoms. The fourth-order valence-corrected chi connectivity index (χ4v) is 2.03. The van der Waals surface area contributed by atoms with Crippen LogP contribution >= 0.6 is 11.6 Å². The van der Waals surface area contributed by atoms with Gasteiger partial charge in [0.15, 0.2) is 0 Å². The van der Waals surface area contributed by atoms with E-state index in [1.54, 1.807) is 0 Å². The Hall–Kier alpha value is -0.280. The number of amides is 1. The van der Waals surface area contributed by atoms with Gasteiger partial charge in [-0.3, -0.25) is 4.79 Å². The summed E-state index contributed by atoms with van der Waals surface area (Å²) in [5, 5.41) is 0. The number of hydrogen-bond acceptors (Lipinski definition) is 2. The highest BCUT2D eigenvalue weighted by Gasteiger charge is 2.30. The van der Waals surface area contributed by atoms with Crippen molar-refractivity contribution in [1.82, 2.24) is 9.80 Å². The van der Waals surface area contributed by atoms with Gasteiger partial charge in [-0.15, -0.1) is 11.6 Å². The maximum absolute atomic E-state index is 12.3. The van der Waals surface area contributed by atoms with E-state index in [0.29, 0.717) is 5.88 Å². The predicted octanol–water partition coefficient (Wildman–Crippen LogP) is 2.83. The zero-order chi connectivity index (χ0) is 14.2. The first-order valence-corrected chi connectivity index (χ1v) is 7.54. The molecule has 0 fully saturated rings. The van der Waals surface area contributed by atoms with Crippen molar-refractivity contribution in [2.75, 3.05) is 38.6 Å². The summed E-state index contributed by atoms with van der Waals surface area (Å²) in [5.74, 6) is 0.540. The van der Waals surface area contributed by atoms with Gasteiger partial charge in [0.05, 0.1) is 5.41 Å². The van der Waals surface area contributed by atoms with E-state index in [0.717, 1.165) is 39.1 Å². The molecule has 0 saturated heterocycles. The SMILES string of the molecule is CCN(CC)CCCN(CC)C(=O)C(C)(C)CCl. The minimum atomic E-state index is -0.452. The maximum Gasteiger partial charge on any atom is 0.229 e. The van der Waals surface area contributed by atoms with Crippen LogP contribution in [0.5, 0.6) is 0 Å². The molecule has 0 aromatic rings. The number of hydrogen-bond donors (Lipinski definition) is 0. The van der Waals surface area contributed by atoms with E-state index in [4.69, 9.17) is 11.6 Å². The normalized spacial score (nSPS) is 11.9. The molecule has 0 saturated carbocycles. The summed E-state index contributed by atoms with van der Waals surface area (Å²) in [5.41, 5.74) is -0.452. The van der Waals surface area contributed by atoms with Gasteiger partial charge in [-0.1, -0.05) is 13.8 Å². The topological polar surface area (TPSA) is 23.6 Å². The van der Waals surface area contributed by atoms with Gasteiger partial charge in [0.25, 0.3) is 0 Å². The van der Waals surface area contributed by atoms with Crippen LogP contribution in [0.15, 0.2) is 0 Å². The number of carbonyl (C=O) groups is 1. The lowest BCUT2D eigenvalue weighted by atomic mass is 9.94. The highest BCUT2D eigenvalue weighted by Crippen LogP contribution is 2.20. The molecular formula is C14H29ClN2O. The summed E-state index contributed by atoms with van der Waals surface area (Å²) in [6.07, 6.45) is 1.03. The quantitative estimate of drug-likeness (QED) is 0.605. The minimum absolute atomic E-state index is 0.166. The summed E-state index contributed by atoms with van der Waals surface area (Å²) in [6, 6.07) is 0. The Morgan fingerprint density at radius 2 is 1.61 bits per heavy atom. The monoisotopic (exact) mass is 276 g/mol. The molecule has 4 heteroatoms. The molecule has 108 valence electrons. The first kappa shape index (κ1) is 17.7. The second kappa shape index (κ2) is 8.76. The molecule has 0 aliphatic rings. The molecule has 0 aliphatic heterocycles. The van der Waals surface area contributed by atoms with Crippen LogP contribution in [0.2, 0.25) is 0 Å². The smallest absolute Gasteiger partial charge is 0.229 e. The number of alkyl halides is 1. The molecule has 0 rings (SSSR count). The fourth-order valence-electron chi connectivity index (χ4n) is 1.91. The van der Waals surface area contributed by atoms with Crippen LogP contribution in [0.3, 0.4) is 0 Å². The van der Waals surface area contributed by atoms with Crippen molar-refractivity contribution in [3.05, 3.63) is 0 Å². The third kappa shape index (κ3) is 5.57. The van der Waals surface area contributed by atoms with E-state index >= 15 is 0 Å². The number of rotatable bonds is 9. The van der Waals surface area contributed by atoms with E-state index in [2.05, 4.69) is 18.7 Å². The summed E-state index contributed by atoms with van der Waals surface area (Å²) in [4.78, 5) is 16.6. The summed E-state index contributed by atoms with van der Waals surface area (Å²) in [6.45, 7) is 15.0. The van der Waals surface area contributed by atoms with E-state index in [1.807, 2.05) is 25.7 Å². The van der Waals surface area contributed by atoms with Crippen molar-refractivity contribution in [3.63, 3.8) is 0 Å². The van der Waals surface area contributed by atoms with E-state index in [1.165, 1.54) is 0 Å². The molecule has 3 nitrogen and oxygen atoms in total. The standard InChI is InChI=1S/C14H29ClN2O/c1-6-16(7-2)10-9-11-17(8-3)13(18)14(4,5)12-15/h6-12H2,1-5H3. The van der Waals surface area contributed by atoms with Gasteiger partial charge in [0.1, 0.15) is 0 Å². The van der Waals surface area contributed by atoms with Crippen LogP contribution in [0.25, 0.3) is 0 Å². The second-order valence-electron chi connectivity index (χ2n) is 5.28. The second-order valence-corrected chi connectivity index (χ2v) is 5.55. The molecule has 0 spiro atoms. The third-order valence-corrected chi connectivity index (χ3v) is 4.05. The van der Waals surface area contributed by atoms with Crippen LogP contribution in [-0.4, -0.2) is 54.3 Å². The first-order chi connectivity index (χ1) is 8.42. The molecule has 0 aliphatic carbocycles. The van der Waals surface area contributed by atoms with Crippen molar-refractivity contribution < 1.29 is 4.79 Å². The average Bonchev–Trinajstić information content (AvgIpc) is 2.38. The maximum atomic E-state index is 12.3. The van der Waals surface area contributed by atoms with E-state index in [9.17, 15) is 4.79 Å². The molecule has 0 aromatic carbocycles. The molecule has 0 radical (unpaired) electrons. The molecule has 18 heavy (non-hydrogen) atoms. The number of carbonyl (C=O) groups excluding carboxylic acids is 1. The number of halogens is 1. The van der Waals surface area contributed by atoms with E-state index in [-0.39, 0.29) is 5.91 Å². The van der Waals surface area contributed by atoms with Crippen molar-refractivity contribution in [3.8, 4) is 0 Å². The van der Waals surface area contributed by atoms with Gasteiger partial charge in [0, 0.05) is 19.0 Å². The molecule has 0 unspecified atom stereocenters. The van der Waals surface area contributed by atoms with Crippen LogP contribution in [0, 0.1) is 5.41 Å². The number of nitrogens with zero attached hydrogens (tertiary/aromatic N) is 2. The lowest BCUT2D eigenvalue weighted by Crippen LogP contribution is -2.43. The van der Waals surface area contributed by atoms with E-state index < -0.39 is 5.41 Å². The van der Waals surface area contributed by atoms with Gasteiger partial charge >= 0.3 is 0 Å². The molecule has 0 heterocycles. The summed E-state index contributed by atoms with van der Waals surface area (Å²) < 4.78 is 0. The minimum Gasteiger partial charge on any atom is -0.342 e. The molecule has 0 aromatic heterocycles. The molecule has 1 amide bonds. The predicted molar refractivity (Wildman–Crippen MR) is 79.2 cm³/mol. The largest absolute Gasteiger partial charge is 0.342 e. The first-order valence-electron chi connectivity index (χ1n) is 7.00. The Bertz CT molecular complexity index is 240. The Labute approximate surface area is 117 Å². The van der Waals surface area contributed by atoms with Gasteiger partial charge in [-0.25, -0.2) is 0 Å². The lowest BCUT2D eigenvalue weighted by molar-refractivity contribution is -0.139. The zero-order valence-electron chi connectivity index (χ0n) is 12.6. The average molecular weight is 277 g/mol. The van der Waals surface area contributed by atoms with Crippen LogP contribution in [0.1, 0.15) is 41.0 Å². The van der Waals surface area contributed by atoms with Crippen LogP contribution < -0.4 is 0 Å². The highest BCUT2D eigenvalue weighted by molar-refractivity contribution is 6.19. The van der Waals surface area contributed by atoms with Gasteiger partial charge in [-0.2, -0.15) is 0 Å². The van der Waals surface area contributed by atoms with Crippen molar-refractivity contribution in [2.45, 2.75) is 41.0 Å². The van der Waals surface area contributed by atoms with Crippen LogP contribution in [0.4, 0.5) is 0 Å². The Morgan fingerprint density at radius 3 is 2.00 bits per heavy atom. The lowest BCUT2D eigenvalue weighted by Gasteiger charge is -2.30. The Balaban J connectivity index is 4.24. The van der Waals surface area contributed by atoms with Gasteiger partial charge in [-0.05, 0) is 46.8 Å². The molecule has 0 atom stereocenters. The fraction of sp³-hybridized carbons (Fsp3) is 0.929. The third-order valence-electron chi connectivity index (χ3n) is 3.38. The summed E-state index contributed by atoms with van der Waals surface area (Å²) in [7, 11) is 0. The summed E-state index contributed by atoms with van der Waals surface area (Å²) >= 11 is 5.86.